The van der Waals surface area contributed by atoms with Crippen LogP contribution >= 0.6 is 27.5 Å². The summed E-state index contributed by atoms with van der Waals surface area (Å²) in [6, 6.07) is 4.04. The van der Waals surface area contributed by atoms with Crippen molar-refractivity contribution >= 4 is 33.4 Å². The molecule has 0 atom stereocenters. The van der Waals surface area contributed by atoms with Crippen molar-refractivity contribution in [2.24, 2.45) is 0 Å². The zero-order valence-corrected chi connectivity index (χ0v) is 12.6. The molecule has 0 spiro atoms. The molecule has 18 heavy (non-hydrogen) atoms. The van der Waals surface area contributed by atoms with Crippen LogP contribution in [0.15, 0.2) is 18.2 Å². The second-order valence-corrected chi connectivity index (χ2v) is 5.19. The molecule has 0 aliphatic heterocycles. The van der Waals surface area contributed by atoms with Crippen molar-refractivity contribution in [2.45, 2.75) is 19.8 Å². The van der Waals surface area contributed by atoms with Gasteiger partial charge >= 0.3 is 0 Å². The summed E-state index contributed by atoms with van der Waals surface area (Å²) in [5.41, 5.74) is 0.0413. The number of rotatable bonds is 6. The maximum absolute atomic E-state index is 13.6. The second kappa shape index (κ2) is 7.74. The fourth-order valence-electron chi connectivity index (χ4n) is 1.60. The Hall–Kier alpha value is -0.610. The van der Waals surface area contributed by atoms with Crippen molar-refractivity contribution in [3.8, 4) is 0 Å². The van der Waals surface area contributed by atoms with Crippen molar-refractivity contribution in [3.63, 3.8) is 0 Å². The van der Waals surface area contributed by atoms with Crippen LogP contribution in [0.4, 0.5) is 4.39 Å². The molecule has 0 N–H and O–H groups in total. The molecule has 0 aliphatic carbocycles. The topological polar surface area (TPSA) is 20.3 Å². The van der Waals surface area contributed by atoms with E-state index < -0.39 is 5.82 Å². The zero-order chi connectivity index (χ0) is 13.5. The average molecular weight is 337 g/mol. The number of benzene rings is 1. The Morgan fingerprint density at radius 3 is 2.78 bits per heavy atom. The third kappa shape index (κ3) is 4.25. The highest BCUT2D eigenvalue weighted by molar-refractivity contribution is 9.09. The number of nitrogens with zero attached hydrogens (tertiary/aromatic N) is 1. The molecule has 0 fully saturated rings. The van der Waals surface area contributed by atoms with Crippen molar-refractivity contribution in [1.82, 2.24) is 4.90 Å². The third-order valence-corrected chi connectivity index (χ3v) is 3.17. The lowest BCUT2D eigenvalue weighted by molar-refractivity contribution is 0.0759. The van der Waals surface area contributed by atoms with E-state index >= 15 is 0 Å². The molecule has 0 saturated heterocycles. The van der Waals surface area contributed by atoms with Crippen molar-refractivity contribution < 1.29 is 9.18 Å². The van der Waals surface area contributed by atoms with E-state index in [-0.39, 0.29) is 11.5 Å². The highest BCUT2D eigenvalue weighted by Gasteiger charge is 2.18. The molecule has 100 valence electrons. The average Bonchev–Trinajstić information content (AvgIpc) is 2.36. The molecule has 1 amide bonds. The van der Waals surface area contributed by atoms with Crippen LogP contribution in [0.5, 0.6) is 0 Å². The summed E-state index contributed by atoms with van der Waals surface area (Å²) in [5.74, 6) is -0.830. The van der Waals surface area contributed by atoms with Crippen LogP contribution in [-0.4, -0.2) is 29.2 Å². The number of alkyl halides is 1. The van der Waals surface area contributed by atoms with Gasteiger partial charge in [0.15, 0.2) is 0 Å². The van der Waals surface area contributed by atoms with E-state index in [4.69, 9.17) is 11.6 Å². The number of carbonyl (C=O) groups excluding carboxylic acids is 1. The molecule has 1 aromatic carbocycles. The number of carbonyl (C=O) groups is 1. The first-order valence-corrected chi connectivity index (χ1v) is 7.40. The van der Waals surface area contributed by atoms with Gasteiger partial charge in [0, 0.05) is 23.4 Å². The standard InChI is InChI=1S/C13H16BrClFNO/c1-2-3-7-17(8-6-14)13(18)11-9-10(15)4-5-12(11)16/h4-5,9H,2-3,6-8H2,1H3. The van der Waals surface area contributed by atoms with E-state index in [9.17, 15) is 9.18 Å². The Morgan fingerprint density at radius 2 is 2.17 bits per heavy atom. The van der Waals surface area contributed by atoms with Gasteiger partial charge in [0.2, 0.25) is 0 Å². The lowest BCUT2D eigenvalue weighted by Crippen LogP contribution is -2.34. The molecule has 0 radical (unpaired) electrons. The fraction of sp³-hybridized carbons (Fsp3) is 0.462. The van der Waals surface area contributed by atoms with Crippen molar-refractivity contribution in [3.05, 3.63) is 34.6 Å². The van der Waals surface area contributed by atoms with E-state index in [1.165, 1.54) is 18.2 Å². The number of hydrogen-bond acceptors (Lipinski definition) is 1. The van der Waals surface area contributed by atoms with Gasteiger partial charge in [0.1, 0.15) is 5.82 Å². The van der Waals surface area contributed by atoms with E-state index in [1.807, 2.05) is 0 Å². The molecule has 0 heterocycles. The Kier molecular flexibility index (Phi) is 6.65. The highest BCUT2D eigenvalue weighted by Crippen LogP contribution is 2.17. The Labute approximate surface area is 120 Å². The van der Waals surface area contributed by atoms with Crippen molar-refractivity contribution in [2.75, 3.05) is 18.4 Å². The third-order valence-electron chi connectivity index (χ3n) is 2.58. The van der Waals surface area contributed by atoms with Crippen LogP contribution in [0, 0.1) is 5.82 Å². The van der Waals surface area contributed by atoms with E-state index in [0.29, 0.717) is 23.4 Å². The van der Waals surface area contributed by atoms with Gasteiger partial charge in [-0.2, -0.15) is 0 Å². The molecule has 1 rings (SSSR count). The number of amides is 1. The first kappa shape index (κ1) is 15.4. The van der Waals surface area contributed by atoms with Crippen LogP contribution in [0.3, 0.4) is 0 Å². The van der Waals surface area contributed by atoms with Gasteiger partial charge < -0.3 is 4.90 Å². The van der Waals surface area contributed by atoms with Gasteiger partial charge in [-0.15, -0.1) is 0 Å². The molecule has 0 bridgehead atoms. The second-order valence-electron chi connectivity index (χ2n) is 3.96. The lowest BCUT2D eigenvalue weighted by Gasteiger charge is -2.22. The number of hydrogen-bond donors (Lipinski definition) is 0. The molecule has 0 saturated carbocycles. The maximum Gasteiger partial charge on any atom is 0.256 e. The van der Waals surface area contributed by atoms with E-state index in [0.717, 1.165) is 12.8 Å². The smallest absolute Gasteiger partial charge is 0.256 e. The molecule has 2 nitrogen and oxygen atoms in total. The predicted octanol–water partition coefficient (Wildman–Crippen LogP) is 4.12. The zero-order valence-electron chi connectivity index (χ0n) is 10.3. The Balaban J connectivity index is 2.90. The quantitative estimate of drug-likeness (QED) is 0.716. The highest BCUT2D eigenvalue weighted by atomic mass is 79.9. The Morgan fingerprint density at radius 1 is 1.44 bits per heavy atom. The molecule has 0 unspecified atom stereocenters. The summed E-state index contributed by atoms with van der Waals surface area (Å²) >= 11 is 9.10. The normalized spacial score (nSPS) is 10.4. The fourth-order valence-corrected chi connectivity index (χ4v) is 2.20. The largest absolute Gasteiger partial charge is 0.338 e. The van der Waals surface area contributed by atoms with E-state index in [2.05, 4.69) is 22.9 Å². The summed E-state index contributed by atoms with van der Waals surface area (Å²) < 4.78 is 13.6. The molecule has 1 aromatic rings. The molecule has 5 heteroatoms. The Bertz CT molecular complexity index is 414. The van der Waals surface area contributed by atoms with Gasteiger partial charge in [0.25, 0.3) is 5.91 Å². The SMILES string of the molecule is CCCCN(CCBr)C(=O)c1cc(Cl)ccc1F. The first-order chi connectivity index (χ1) is 8.60. The van der Waals surface area contributed by atoms with Crippen LogP contribution in [-0.2, 0) is 0 Å². The summed E-state index contributed by atoms with van der Waals surface area (Å²) in [4.78, 5) is 13.9. The molecular weight excluding hydrogens is 321 g/mol. The molecule has 0 aromatic heterocycles. The monoisotopic (exact) mass is 335 g/mol. The number of unbranched alkanes of at least 4 members (excludes halogenated alkanes) is 1. The van der Waals surface area contributed by atoms with Gasteiger partial charge in [-0.05, 0) is 24.6 Å². The van der Waals surface area contributed by atoms with Gasteiger partial charge in [-0.1, -0.05) is 40.9 Å². The van der Waals surface area contributed by atoms with Gasteiger partial charge in [-0.3, -0.25) is 4.79 Å². The van der Waals surface area contributed by atoms with Crippen LogP contribution in [0.25, 0.3) is 0 Å². The van der Waals surface area contributed by atoms with Gasteiger partial charge in [-0.25, -0.2) is 4.39 Å². The minimum atomic E-state index is -0.527. The number of halogens is 3. The first-order valence-electron chi connectivity index (χ1n) is 5.90. The lowest BCUT2D eigenvalue weighted by atomic mass is 10.1. The van der Waals surface area contributed by atoms with Crippen LogP contribution in [0.2, 0.25) is 5.02 Å². The summed E-state index contributed by atoms with van der Waals surface area (Å²) in [5, 5.41) is 1.04. The van der Waals surface area contributed by atoms with Crippen LogP contribution in [0.1, 0.15) is 30.1 Å². The summed E-state index contributed by atoms with van der Waals surface area (Å²) in [6.07, 6.45) is 1.89. The maximum atomic E-state index is 13.6. The minimum absolute atomic E-state index is 0.0413. The molecular formula is C13H16BrClFNO. The summed E-state index contributed by atoms with van der Waals surface area (Å²) in [7, 11) is 0. The van der Waals surface area contributed by atoms with Crippen LogP contribution < -0.4 is 0 Å². The van der Waals surface area contributed by atoms with Crippen molar-refractivity contribution in [1.29, 1.82) is 0 Å². The summed E-state index contributed by atoms with van der Waals surface area (Å²) in [6.45, 7) is 3.24. The molecule has 0 aliphatic rings. The van der Waals surface area contributed by atoms with E-state index in [1.54, 1.807) is 4.90 Å². The minimum Gasteiger partial charge on any atom is -0.338 e. The predicted molar refractivity (Wildman–Crippen MR) is 76.0 cm³/mol. The van der Waals surface area contributed by atoms with Gasteiger partial charge in [0.05, 0.1) is 5.56 Å².